The molecular formula is C21H38O4. The molecule has 0 saturated heterocycles. The van der Waals surface area contributed by atoms with Crippen LogP contribution in [0.25, 0.3) is 0 Å². The van der Waals surface area contributed by atoms with Crippen molar-refractivity contribution < 1.29 is 19.1 Å². The summed E-state index contributed by atoms with van der Waals surface area (Å²) >= 11 is 0. The summed E-state index contributed by atoms with van der Waals surface area (Å²) in [6, 6.07) is 0. The van der Waals surface area contributed by atoms with E-state index in [1.165, 1.54) is 44.9 Å². The second-order valence-electron chi connectivity index (χ2n) is 6.99. The van der Waals surface area contributed by atoms with Gasteiger partial charge in [-0.15, -0.1) is 0 Å². The highest BCUT2D eigenvalue weighted by molar-refractivity contribution is 5.72. The van der Waals surface area contributed by atoms with Gasteiger partial charge >= 0.3 is 11.9 Å². The molecule has 4 heteroatoms. The lowest BCUT2D eigenvalue weighted by atomic mass is 10.1. The molecule has 0 saturated carbocycles. The lowest BCUT2D eigenvalue weighted by molar-refractivity contribution is -0.145. The van der Waals surface area contributed by atoms with E-state index in [1.807, 2.05) is 19.9 Å². The Kier molecular flexibility index (Phi) is 16.6. The molecule has 0 bridgehead atoms. The van der Waals surface area contributed by atoms with E-state index in [4.69, 9.17) is 9.47 Å². The molecule has 0 rings (SSSR count). The van der Waals surface area contributed by atoms with Crippen molar-refractivity contribution in [3.63, 3.8) is 0 Å². The normalized spacial score (nSPS) is 11.2. The highest BCUT2D eigenvalue weighted by Gasteiger charge is 2.07. The fourth-order valence-electron chi connectivity index (χ4n) is 2.33. The fourth-order valence-corrected chi connectivity index (χ4v) is 2.33. The lowest BCUT2D eigenvalue weighted by Crippen LogP contribution is -2.11. The number of allylic oxidation sites excluding steroid dienone is 1. The zero-order valence-corrected chi connectivity index (χ0v) is 16.6. The molecule has 0 heterocycles. The van der Waals surface area contributed by atoms with Crippen LogP contribution in [0.1, 0.15) is 91.4 Å². The molecular weight excluding hydrogens is 316 g/mol. The van der Waals surface area contributed by atoms with Crippen molar-refractivity contribution in [2.45, 2.75) is 91.4 Å². The Bertz CT molecular complexity index is 361. The number of esters is 2. The summed E-state index contributed by atoms with van der Waals surface area (Å²) in [6.45, 7) is 6.98. The van der Waals surface area contributed by atoms with E-state index in [1.54, 1.807) is 0 Å². The van der Waals surface area contributed by atoms with Crippen LogP contribution >= 0.6 is 0 Å². The average Bonchev–Trinajstić information content (AvgIpc) is 2.58. The monoisotopic (exact) mass is 354 g/mol. The molecule has 25 heavy (non-hydrogen) atoms. The number of carbonyl (C=O) groups excluding carboxylic acids is 2. The van der Waals surface area contributed by atoms with Crippen molar-refractivity contribution in [1.82, 2.24) is 0 Å². The van der Waals surface area contributed by atoms with Gasteiger partial charge in [-0.1, -0.05) is 71.4 Å². The standard InChI is InChI=1S/C21H38O4/c1-4-5-6-7-8-9-10-11-12-13-17-24-20(22)15-14-16-21(23)25-18-19(2)3/h12-13,19H,4-11,14-18H2,1-3H3/b13-12+. The minimum absolute atomic E-state index is 0.240. The minimum Gasteiger partial charge on any atom is -0.465 e. The van der Waals surface area contributed by atoms with Crippen molar-refractivity contribution in [2.24, 2.45) is 5.92 Å². The first-order chi connectivity index (χ1) is 12.1. The Morgan fingerprint density at radius 1 is 0.800 bits per heavy atom. The number of rotatable bonds is 16. The molecule has 146 valence electrons. The maximum atomic E-state index is 11.5. The third-order valence-corrected chi connectivity index (χ3v) is 3.82. The summed E-state index contributed by atoms with van der Waals surface area (Å²) in [7, 11) is 0. The van der Waals surface area contributed by atoms with Crippen molar-refractivity contribution in [3.8, 4) is 0 Å². The number of unbranched alkanes of at least 4 members (excludes halogenated alkanes) is 7. The first-order valence-electron chi connectivity index (χ1n) is 10.0. The Hall–Kier alpha value is -1.32. The van der Waals surface area contributed by atoms with Crippen LogP contribution in [0.2, 0.25) is 0 Å². The van der Waals surface area contributed by atoms with Crippen LogP contribution in [0.3, 0.4) is 0 Å². The van der Waals surface area contributed by atoms with Gasteiger partial charge in [0.15, 0.2) is 0 Å². The van der Waals surface area contributed by atoms with E-state index >= 15 is 0 Å². The van der Waals surface area contributed by atoms with E-state index < -0.39 is 0 Å². The van der Waals surface area contributed by atoms with Crippen LogP contribution in [-0.2, 0) is 19.1 Å². The molecule has 4 nitrogen and oxygen atoms in total. The molecule has 0 aromatic rings. The molecule has 0 unspecified atom stereocenters. The highest BCUT2D eigenvalue weighted by Crippen LogP contribution is 2.08. The fraction of sp³-hybridized carbons (Fsp3) is 0.810. The SMILES string of the molecule is CCCCCCCCC/C=C/COC(=O)CCCC(=O)OCC(C)C. The van der Waals surface area contributed by atoms with E-state index in [0.717, 1.165) is 6.42 Å². The van der Waals surface area contributed by atoms with Crippen LogP contribution in [0.5, 0.6) is 0 Å². The van der Waals surface area contributed by atoms with Gasteiger partial charge in [0.1, 0.15) is 6.61 Å². The van der Waals surface area contributed by atoms with E-state index in [2.05, 4.69) is 13.0 Å². The predicted octanol–water partition coefficient (Wildman–Crippen LogP) is 5.60. The molecule has 0 aromatic carbocycles. The third-order valence-electron chi connectivity index (χ3n) is 3.82. The van der Waals surface area contributed by atoms with E-state index in [-0.39, 0.29) is 24.8 Å². The summed E-state index contributed by atoms with van der Waals surface area (Å²) in [6.07, 6.45) is 15.2. The van der Waals surface area contributed by atoms with Crippen LogP contribution in [0.15, 0.2) is 12.2 Å². The summed E-state index contributed by atoms with van der Waals surface area (Å²) in [5.74, 6) is -0.157. The Labute approximate surface area is 154 Å². The number of hydrogen-bond donors (Lipinski definition) is 0. The van der Waals surface area contributed by atoms with E-state index in [0.29, 0.717) is 25.6 Å². The van der Waals surface area contributed by atoms with Crippen LogP contribution in [0, 0.1) is 5.92 Å². The number of carbonyl (C=O) groups is 2. The van der Waals surface area contributed by atoms with Crippen LogP contribution in [-0.4, -0.2) is 25.2 Å². The molecule has 0 N–H and O–H groups in total. The van der Waals surface area contributed by atoms with Crippen molar-refractivity contribution >= 4 is 11.9 Å². The predicted molar refractivity (Wildman–Crippen MR) is 102 cm³/mol. The van der Waals surface area contributed by atoms with Gasteiger partial charge in [-0.2, -0.15) is 0 Å². The zero-order valence-electron chi connectivity index (χ0n) is 16.6. The van der Waals surface area contributed by atoms with Gasteiger partial charge < -0.3 is 9.47 Å². The quantitative estimate of drug-likeness (QED) is 0.206. The largest absolute Gasteiger partial charge is 0.465 e. The third kappa shape index (κ3) is 18.9. The molecule has 0 radical (unpaired) electrons. The second kappa shape index (κ2) is 17.5. The first-order valence-corrected chi connectivity index (χ1v) is 10.0. The van der Waals surface area contributed by atoms with Crippen LogP contribution < -0.4 is 0 Å². The Morgan fingerprint density at radius 3 is 2.04 bits per heavy atom. The molecule has 0 spiro atoms. The topological polar surface area (TPSA) is 52.6 Å². The molecule has 0 aliphatic carbocycles. The molecule has 0 aliphatic rings. The summed E-state index contributed by atoms with van der Waals surface area (Å²) in [5.41, 5.74) is 0. The number of hydrogen-bond acceptors (Lipinski definition) is 4. The molecule has 0 aromatic heterocycles. The smallest absolute Gasteiger partial charge is 0.306 e. The maximum absolute atomic E-state index is 11.5. The average molecular weight is 355 g/mol. The van der Waals surface area contributed by atoms with Gasteiger partial charge in [-0.05, 0) is 25.2 Å². The Balaban J connectivity index is 3.41. The second-order valence-corrected chi connectivity index (χ2v) is 6.99. The zero-order chi connectivity index (χ0) is 18.8. The van der Waals surface area contributed by atoms with Crippen molar-refractivity contribution in [2.75, 3.05) is 13.2 Å². The summed E-state index contributed by atoms with van der Waals surface area (Å²) in [4.78, 5) is 22.9. The number of ether oxygens (including phenoxy) is 2. The highest BCUT2D eigenvalue weighted by atomic mass is 16.5. The van der Waals surface area contributed by atoms with Crippen molar-refractivity contribution in [1.29, 1.82) is 0 Å². The van der Waals surface area contributed by atoms with Crippen molar-refractivity contribution in [3.05, 3.63) is 12.2 Å². The van der Waals surface area contributed by atoms with Gasteiger partial charge in [0.2, 0.25) is 0 Å². The summed E-state index contributed by atoms with van der Waals surface area (Å²) in [5, 5.41) is 0. The molecule has 0 fully saturated rings. The van der Waals surface area contributed by atoms with Gasteiger partial charge in [0.25, 0.3) is 0 Å². The molecule has 0 aliphatic heterocycles. The minimum atomic E-state index is -0.253. The van der Waals surface area contributed by atoms with Gasteiger partial charge in [0, 0.05) is 12.8 Å². The molecule has 0 atom stereocenters. The van der Waals surface area contributed by atoms with Gasteiger partial charge in [0.05, 0.1) is 6.61 Å². The Morgan fingerprint density at radius 2 is 1.40 bits per heavy atom. The van der Waals surface area contributed by atoms with Gasteiger partial charge in [-0.25, -0.2) is 0 Å². The van der Waals surface area contributed by atoms with Gasteiger partial charge in [-0.3, -0.25) is 9.59 Å². The van der Waals surface area contributed by atoms with E-state index in [9.17, 15) is 9.59 Å². The lowest BCUT2D eigenvalue weighted by Gasteiger charge is -2.06. The van der Waals surface area contributed by atoms with Crippen LogP contribution in [0.4, 0.5) is 0 Å². The maximum Gasteiger partial charge on any atom is 0.306 e. The first kappa shape index (κ1) is 23.7. The molecule has 0 amide bonds. The summed E-state index contributed by atoms with van der Waals surface area (Å²) < 4.78 is 10.2.